The standard InChI is InChI=1S/C37H47N3O5S/c1-8-21-38(27-15-17-28(18-16-27)45-11-4)33(42)29-30-34(43)40(26(10-3)23-41)32(37(30)20-19-36(29,7)46-37)35(44)39(22-9-2)31-24(5)13-12-14-25(31)6/h8-9,12-18,26,29-30,32,41H,1-2,10-11,19-23H2,3-7H3/t26-,29-,30-,32?,36+,37?/m0/s1. The number of aryl methyl sites for hydroxylation is 2. The van der Waals surface area contributed by atoms with Gasteiger partial charge in [0.05, 0.1) is 35.8 Å². The molecule has 6 atom stereocenters. The highest BCUT2D eigenvalue weighted by atomic mass is 32.2. The van der Waals surface area contributed by atoms with Crippen LogP contribution in [0.1, 0.15) is 51.2 Å². The number of aliphatic hydroxyl groups excluding tert-OH is 1. The van der Waals surface area contributed by atoms with Gasteiger partial charge in [-0.1, -0.05) is 37.3 Å². The van der Waals surface area contributed by atoms with Crippen LogP contribution >= 0.6 is 11.8 Å². The van der Waals surface area contributed by atoms with Crippen LogP contribution in [-0.4, -0.2) is 75.6 Å². The molecule has 2 bridgehead atoms. The third kappa shape index (κ3) is 5.35. The Balaban J connectivity index is 1.62. The molecule has 3 saturated heterocycles. The number of benzene rings is 2. The monoisotopic (exact) mass is 645 g/mol. The number of rotatable bonds is 13. The molecule has 2 aromatic rings. The maximum atomic E-state index is 15.1. The Labute approximate surface area is 277 Å². The molecule has 246 valence electrons. The first kappa shape index (κ1) is 33.8. The summed E-state index contributed by atoms with van der Waals surface area (Å²) < 4.78 is 4.26. The fourth-order valence-electron chi connectivity index (χ4n) is 8.13. The quantitative estimate of drug-likeness (QED) is 0.282. The van der Waals surface area contributed by atoms with E-state index in [1.165, 1.54) is 0 Å². The fraction of sp³-hybridized carbons (Fsp3) is 0.486. The van der Waals surface area contributed by atoms with Crippen molar-refractivity contribution in [3.05, 3.63) is 78.9 Å². The number of nitrogens with zero attached hydrogens (tertiary/aromatic N) is 3. The highest BCUT2D eigenvalue weighted by molar-refractivity contribution is 8.02. The van der Waals surface area contributed by atoms with E-state index in [0.717, 1.165) is 16.8 Å². The van der Waals surface area contributed by atoms with Crippen molar-refractivity contribution in [2.75, 3.05) is 36.1 Å². The zero-order chi connectivity index (χ0) is 33.4. The van der Waals surface area contributed by atoms with Crippen molar-refractivity contribution >= 4 is 40.9 Å². The van der Waals surface area contributed by atoms with Crippen molar-refractivity contribution in [2.24, 2.45) is 11.8 Å². The Morgan fingerprint density at radius 2 is 1.67 bits per heavy atom. The van der Waals surface area contributed by atoms with Gasteiger partial charge < -0.3 is 24.5 Å². The number of hydrogen-bond donors (Lipinski definition) is 1. The molecule has 5 rings (SSSR count). The van der Waals surface area contributed by atoms with Gasteiger partial charge in [-0.3, -0.25) is 14.4 Å². The molecule has 1 N–H and O–H groups in total. The van der Waals surface area contributed by atoms with Crippen molar-refractivity contribution < 1.29 is 24.2 Å². The molecule has 3 fully saturated rings. The molecule has 0 saturated carbocycles. The van der Waals surface area contributed by atoms with Gasteiger partial charge in [0.15, 0.2) is 0 Å². The molecule has 3 aliphatic heterocycles. The van der Waals surface area contributed by atoms with Crippen molar-refractivity contribution in [1.82, 2.24) is 4.90 Å². The van der Waals surface area contributed by atoms with Crippen LogP contribution in [0.4, 0.5) is 11.4 Å². The van der Waals surface area contributed by atoms with Gasteiger partial charge in [0, 0.05) is 29.2 Å². The molecule has 8 nitrogen and oxygen atoms in total. The summed E-state index contributed by atoms with van der Waals surface area (Å²) in [7, 11) is 0. The maximum Gasteiger partial charge on any atom is 0.251 e. The van der Waals surface area contributed by atoms with Gasteiger partial charge in [-0.25, -0.2) is 0 Å². The van der Waals surface area contributed by atoms with Gasteiger partial charge in [0.2, 0.25) is 11.8 Å². The predicted molar refractivity (Wildman–Crippen MR) is 185 cm³/mol. The summed E-state index contributed by atoms with van der Waals surface area (Å²) >= 11 is 1.64. The number of anilines is 2. The minimum absolute atomic E-state index is 0.151. The minimum Gasteiger partial charge on any atom is -0.494 e. The number of fused-ring (bicyclic) bond motifs is 1. The van der Waals surface area contributed by atoms with Crippen LogP contribution in [0.2, 0.25) is 0 Å². The number of para-hydroxylation sites is 1. The minimum atomic E-state index is -0.844. The summed E-state index contributed by atoms with van der Waals surface area (Å²) in [6.07, 6.45) is 5.21. The first-order valence-corrected chi connectivity index (χ1v) is 17.1. The van der Waals surface area contributed by atoms with Crippen molar-refractivity contribution in [1.29, 1.82) is 0 Å². The molecule has 3 aliphatic rings. The van der Waals surface area contributed by atoms with Crippen LogP contribution in [0.25, 0.3) is 0 Å². The third-order valence-corrected chi connectivity index (χ3v) is 12.1. The number of likely N-dealkylation sites (tertiary alicyclic amines) is 1. The molecule has 1 spiro atoms. The molecule has 0 aromatic heterocycles. The summed E-state index contributed by atoms with van der Waals surface area (Å²) in [5.74, 6) is -1.23. The number of amides is 3. The number of aliphatic hydroxyl groups is 1. The molecule has 2 unspecified atom stereocenters. The van der Waals surface area contributed by atoms with E-state index in [4.69, 9.17) is 4.74 Å². The lowest BCUT2D eigenvalue weighted by atomic mass is 9.66. The fourth-order valence-corrected chi connectivity index (χ4v) is 10.5. The van der Waals surface area contributed by atoms with Crippen LogP contribution < -0.4 is 14.5 Å². The van der Waals surface area contributed by atoms with Crippen LogP contribution in [0.5, 0.6) is 5.75 Å². The van der Waals surface area contributed by atoms with Crippen molar-refractivity contribution in [3.63, 3.8) is 0 Å². The van der Waals surface area contributed by atoms with E-state index in [9.17, 15) is 14.7 Å². The zero-order valence-electron chi connectivity index (χ0n) is 27.7. The number of ether oxygens (including phenoxy) is 1. The van der Waals surface area contributed by atoms with Crippen LogP contribution in [0.3, 0.4) is 0 Å². The van der Waals surface area contributed by atoms with E-state index >= 15 is 4.79 Å². The molecular formula is C37H47N3O5S. The highest BCUT2D eigenvalue weighted by Crippen LogP contribution is 2.72. The molecule has 9 heteroatoms. The Morgan fingerprint density at radius 1 is 1.04 bits per heavy atom. The molecule has 3 heterocycles. The Kier molecular flexibility index (Phi) is 9.76. The number of hydrogen-bond acceptors (Lipinski definition) is 6. The van der Waals surface area contributed by atoms with E-state index in [1.54, 1.807) is 38.6 Å². The normalized spacial score (nSPS) is 26.9. The molecule has 2 aromatic carbocycles. The van der Waals surface area contributed by atoms with E-state index < -0.39 is 33.4 Å². The van der Waals surface area contributed by atoms with Gasteiger partial charge in [-0.2, -0.15) is 0 Å². The molecule has 46 heavy (non-hydrogen) atoms. The summed E-state index contributed by atoms with van der Waals surface area (Å²) in [5, 5.41) is 10.5. The summed E-state index contributed by atoms with van der Waals surface area (Å²) in [6, 6.07) is 11.9. The van der Waals surface area contributed by atoms with Gasteiger partial charge in [0.1, 0.15) is 11.8 Å². The lowest BCUT2D eigenvalue weighted by molar-refractivity contribution is -0.142. The average Bonchev–Trinajstić information content (AvgIpc) is 3.61. The van der Waals surface area contributed by atoms with E-state index in [1.807, 2.05) is 70.2 Å². The zero-order valence-corrected chi connectivity index (χ0v) is 28.5. The topological polar surface area (TPSA) is 90.4 Å². The first-order chi connectivity index (χ1) is 22.0. The van der Waals surface area contributed by atoms with Gasteiger partial charge in [-0.05, 0) is 82.3 Å². The van der Waals surface area contributed by atoms with Crippen LogP contribution in [0, 0.1) is 25.7 Å². The summed E-state index contributed by atoms with van der Waals surface area (Å²) in [5.41, 5.74) is 3.41. The number of thioether (sulfide) groups is 1. The van der Waals surface area contributed by atoms with Crippen molar-refractivity contribution in [3.8, 4) is 5.75 Å². The lowest BCUT2D eigenvalue weighted by Crippen LogP contribution is -2.57. The van der Waals surface area contributed by atoms with Gasteiger partial charge in [-0.15, -0.1) is 24.9 Å². The molecular weight excluding hydrogens is 598 g/mol. The Hall–Kier alpha value is -3.56. The van der Waals surface area contributed by atoms with E-state index in [0.29, 0.717) is 37.3 Å². The Morgan fingerprint density at radius 3 is 2.24 bits per heavy atom. The van der Waals surface area contributed by atoms with E-state index in [2.05, 4.69) is 20.1 Å². The van der Waals surface area contributed by atoms with Gasteiger partial charge >= 0.3 is 0 Å². The predicted octanol–water partition coefficient (Wildman–Crippen LogP) is 5.69. The summed E-state index contributed by atoms with van der Waals surface area (Å²) in [6.45, 7) is 18.6. The molecule has 0 radical (unpaired) electrons. The van der Waals surface area contributed by atoms with Crippen molar-refractivity contribution in [2.45, 2.75) is 75.5 Å². The molecule has 3 amide bonds. The Bertz CT molecular complexity index is 1490. The third-order valence-electron chi connectivity index (χ3n) is 10.1. The number of carbonyl (C=O) groups is 3. The maximum absolute atomic E-state index is 15.1. The van der Waals surface area contributed by atoms with Gasteiger partial charge in [0.25, 0.3) is 5.91 Å². The largest absolute Gasteiger partial charge is 0.494 e. The molecule has 0 aliphatic carbocycles. The van der Waals surface area contributed by atoms with Crippen LogP contribution in [0.15, 0.2) is 67.8 Å². The lowest BCUT2D eigenvalue weighted by Gasteiger charge is -2.40. The average molecular weight is 646 g/mol. The second-order valence-corrected chi connectivity index (χ2v) is 14.8. The smallest absolute Gasteiger partial charge is 0.251 e. The van der Waals surface area contributed by atoms with E-state index in [-0.39, 0.29) is 37.4 Å². The second-order valence-electron chi connectivity index (χ2n) is 12.9. The number of carbonyl (C=O) groups excluding carboxylic acids is 3. The second kappa shape index (κ2) is 13.3. The SMILES string of the molecule is C=CCN(C(=O)[C@@H]1[C@H]2C(=O)N([C@@H](CC)CO)C(C(=O)N(CC=C)c3c(C)cccc3C)C23CC[C@@]1(C)S3)c1ccc(OCC)cc1. The summed E-state index contributed by atoms with van der Waals surface area (Å²) in [4.78, 5) is 49.7. The van der Waals surface area contributed by atoms with Crippen LogP contribution in [-0.2, 0) is 14.4 Å². The first-order valence-electron chi connectivity index (χ1n) is 16.3. The highest BCUT2D eigenvalue weighted by Gasteiger charge is 2.78.